The largest absolute Gasteiger partial charge is 0.311 e. The Bertz CT molecular complexity index is 4620. The molecule has 0 N–H and O–H groups in total. The smallest absolute Gasteiger partial charge is 0.252 e. The van der Waals surface area contributed by atoms with Gasteiger partial charge in [0.1, 0.15) is 0 Å². The minimum Gasteiger partial charge on any atom is -0.311 e. The van der Waals surface area contributed by atoms with E-state index in [0.717, 1.165) is 33.8 Å². The van der Waals surface area contributed by atoms with Crippen molar-refractivity contribution in [1.29, 1.82) is 0 Å². The summed E-state index contributed by atoms with van der Waals surface area (Å²) in [6.07, 6.45) is 0. The number of rotatable bonds is 4. The predicted molar refractivity (Wildman–Crippen MR) is 375 cm³/mol. The van der Waals surface area contributed by atoms with Gasteiger partial charge in [-0.15, -0.1) is 0 Å². The Hall–Kier alpha value is -9.32. The van der Waals surface area contributed by atoms with Gasteiger partial charge in [-0.3, -0.25) is 0 Å². The highest BCUT2D eigenvalue weighted by atomic mass is 15.2. The summed E-state index contributed by atoms with van der Waals surface area (Å²) < 4.78 is 2.61. The monoisotopic (exact) mass is 1140 g/mol. The van der Waals surface area contributed by atoms with E-state index >= 15 is 0 Å². The van der Waals surface area contributed by atoms with Crippen LogP contribution >= 0.6 is 0 Å². The zero-order valence-corrected chi connectivity index (χ0v) is 52.9. The highest BCUT2D eigenvalue weighted by Gasteiger charge is 2.52. The molecular formula is C83H75BN4. The molecule has 0 radical (unpaired) electrons. The van der Waals surface area contributed by atoms with Crippen LogP contribution in [0.1, 0.15) is 128 Å². The van der Waals surface area contributed by atoms with Crippen LogP contribution in [0.4, 0.5) is 51.2 Å². The number of benzene rings is 11. The van der Waals surface area contributed by atoms with E-state index in [-0.39, 0.29) is 28.4 Å². The maximum atomic E-state index is 2.61. The Balaban J connectivity index is 1.02. The molecule has 4 aliphatic rings. The molecule has 16 rings (SSSR count). The summed E-state index contributed by atoms with van der Waals surface area (Å²) in [5, 5.41) is 2.41. The first kappa shape index (κ1) is 54.1. The van der Waals surface area contributed by atoms with Crippen LogP contribution in [0.2, 0.25) is 0 Å². The Morgan fingerprint density at radius 2 is 0.693 bits per heavy atom. The number of aromatic nitrogens is 1. The minimum absolute atomic E-state index is 0.0159. The van der Waals surface area contributed by atoms with Gasteiger partial charge in [0.15, 0.2) is 0 Å². The van der Waals surface area contributed by atoms with E-state index in [2.05, 4.69) is 339 Å². The van der Waals surface area contributed by atoms with Crippen molar-refractivity contribution < 1.29 is 0 Å². The van der Waals surface area contributed by atoms with Gasteiger partial charge in [-0.05, 0) is 166 Å². The van der Waals surface area contributed by atoms with Crippen LogP contribution in [0.3, 0.4) is 0 Å². The first-order chi connectivity index (χ1) is 42.2. The maximum Gasteiger partial charge on any atom is 0.252 e. The van der Waals surface area contributed by atoms with Crippen molar-refractivity contribution in [2.75, 3.05) is 14.7 Å². The molecule has 1 spiro atoms. The summed E-state index contributed by atoms with van der Waals surface area (Å²) in [6, 6.07) is 91.6. The highest BCUT2D eigenvalue weighted by molar-refractivity contribution is 7.00. The zero-order valence-electron chi connectivity index (χ0n) is 52.9. The van der Waals surface area contributed by atoms with Crippen molar-refractivity contribution in [2.24, 2.45) is 0 Å². The molecule has 4 heterocycles. The van der Waals surface area contributed by atoms with Crippen molar-refractivity contribution in [3.05, 3.63) is 281 Å². The second-order valence-corrected chi connectivity index (χ2v) is 29.4. The van der Waals surface area contributed by atoms with Crippen LogP contribution in [0.15, 0.2) is 237 Å². The van der Waals surface area contributed by atoms with E-state index in [0.29, 0.717) is 0 Å². The molecule has 1 aliphatic carbocycles. The molecule has 1 aromatic heterocycles. The van der Waals surface area contributed by atoms with Crippen LogP contribution < -0.4 is 31.1 Å². The summed E-state index contributed by atoms with van der Waals surface area (Å²) in [4.78, 5) is 7.80. The van der Waals surface area contributed by atoms with E-state index in [1.54, 1.807) is 0 Å². The molecule has 4 nitrogen and oxygen atoms in total. The van der Waals surface area contributed by atoms with Gasteiger partial charge < -0.3 is 19.3 Å². The first-order valence-corrected chi connectivity index (χ1v) is 31.7. The van der Waals surface area contributed by atoms with Crippen molar-refractivity contribution in [3.8, 4) is 16.8 Å². The molecule has 0 atom stereocenters. The first-order valence-electron chi connectivity index (χ1n) is 31.7. The lowest BCUT2D eigenvalue weighted by atomic mass is 9.33. The van der Waals surface area contributed by atoms with Crippen LogP contribution in [0, 0.1) is 0 Å². The van der Waals surface area contributed by atoms with Gasteiger partial charge in [-0.25, -0.2) is 0 Å². The SMILES string of the molecule is CC(C)(C)c1ccc(N2c3ccc(C(C)(C)C)cc3B3c4cc(C(C)(C)C)ccc4N(c4ccc(C(C)(C)C)cc4)c4cc(-n5c6ccccc6c6cccc(N7c8ccccc8C8(c9ccccc9-c9ccccc98)c8ccccc87)c65)cc2c43)cc1. The molecule has 0 saturated heterocycles. The second kappa shape index (κ2) is 18.8. The van der Waals surface area contributed by atoms with Crippen molar-refractivity contribution in [3.63, 3.8) is 0 Å². The number of anilines is 9. The van der Waals surface area contributed by atoms with Crippen molar-refractivity contribution in [2.45, 2.75) is 110 Å². The van der Waals surface area contributed by atoms with Gasteiger partial charge >= 0.3 is 0 Å². The van der Waals surface area contributed by atoms with E-state index in [1.807, 2.05) is 0 Å². The molecule has 3 aliphatic heterocycles. The molecule has 430 valence electrons. The molecular weight excluding hydrogens is 1060 g/mol. The molecule has 88 heavy (non-hydrogen) atoms. The molecule has 0 fully saturated rings. The third kappa shape index (κ3) is 7.78. The fraction of sp³-hybridized carbons (Fsp3) is 0.205. The van der Waals surface area contributed by atoms with Crippen LogP contribution in [-0.2, 0) is 27.1 Å². The van der Waals surface area contributed by atoms with Crippen LogP contribution in [0.5, 0.6) is 0 Å². The Morgan fingerprint density at radius 3 is 1.17 bits per heavy atom. The topological polar surface area (TPSA) is 14.7 Å². The number of fused-ring (bicyclic) bond motifs is 16. The lowest BCUT2D eigenvalue weighted by Crippen LogP contribution is -2.61. The molecule has 0 amide bonds. The average Bonchev–Trinajstić information content (AvgIpc) is 1.29. The third-order valence-corrected chi connectivity index (χ3v) is 20.0. The number of hydrogen-bond donors (Lipinski definition) is 0. The lowest BCUT2D eigenvalue weighted by molar-refractivity contribution is 0.590. The number of hydrogen-bond acceptors (Lipinski definition) is 3. The zero-order chi connectivity index (χ0) is 60.6. The average molecular weight is 1140 g/mol. The maximum absolute atomic E-state index is 2.61. The third-order valence-electron chi connectivity index (χ3n) is 20.0. The van der Waals surface area contributed by atoms with Crippen molar-refractivity contribution in [1.82, 2.24) is 4.57 Å². The molecule has 0 saturated carbocycles. The predicted octanol–water partition coefficient (Wildman–Crippen LogP) is 20.2. The molecule has 11 aromatic carbocycles. The van der Waals surface area contributed by atoms with Crippen molar-refractivity contribution >= 4 is 96.1 Å². The van der Waals surface area contributed by atoms with Gasteiger partial charge in [0.25, 0.3) is 6.71 Å². The van der Waals surface area contributed by atoms with E-state index in [1.165, 1.54) is 117 Å². The van der Waals surface area contributed by atoms with Gasteiger partial charge in [0.05, 0.1) is 39.2 Å². The van der Waals surface area contributed by atoms with E-state index in [9.17, 15) is 0 Å². The number of para-hydroxylation sites is 4. The van der Waals surface area contributed by atoms with E-state index < -0.39 is 5.41 Å². The Kier molecular flexibility index (Phi) is 11.6. The Labute approximate surface area is 520 Å². The second-order valence-electron chi connectivity index (χ2n) is 29.4. The normalized spacial score (nSPS) is 14.6. The van der Waals surface area contributed by atoms with Crippen LogP contribution in [-0.4, -0.2) is 11.3 Å². The fourth-order valence-electron chi connectivity index (χ4n) is 15.6. The molecule has 0 bridgehead atoms. The van der Waals surface area contributed by atoms with Gasteiger partial charge in [0.2, 0.25) is 0 Å². The molecule has 12 aromatic rings. The van der Waals surface area contributed by atoms with Gasteiger partial charge in [-0.1, -0.05) is 247 Å². The van der Waals surface area contributed by atoms with Crippen LogP contribution in [0.25, 0.3) is 38.6 Å². The standard InChI is InChI=1S/C83H75BN4/c1-79(2,3)52-36-42-56(43-37-52)85-72-46-40-54(81(7,8)9)48-67(72)84-68-49-55(82(10,11)12)41-47-73(68)86(57-44-38-53(39-45-57)80(4,5)6)76-51-58(50-75(85)77(76)84)87-69-32-20-15-26-61(69)62-27-23-35-74(78(62)87)88-70-33-21-18-30-65(70)83(66-31-19-22-34-71(66)88)63-28-16-13-24-59(63)60-25-14-17-29-64(60)83/h13-51H,1-12H3. The fourth-order valence-corrected chi connectivity index (χ4v) is 15.6. The Morgan fingerprint density at radius 1 is 0.295 bits per heavy atom. The summed E-state index contributed by atoms with van der Waals surface area (Å²) in [5.74, 6) is 0. The van der Waals surface area contributed by atoms with Gasteiger partial charge in [-0.2, -0.15) is 0 Å². The van der Waals surface area contributed by atoms with Gasteiger partial charge in [0, 0.05) is 44.9 Å². The lowest BCUT2D eigenvalue weighted by Gasteiger charge is -2.45. The number of nitrogens with zero attached hydrogens (tertiary/aromatic N) is 4. The molecule has 0 unspecified atom stereocenters. The summed E-state index contributed by atoms with van der Waals surface area (Å²) in [7, 11) is 0. The summed E-state index contributed by atoms with van der Waals surface area (Å²) >= 11 is 0. The van der Waals surface area contributed by atoms with E-state index in [4.69, 9.17) is 0 Å². The quantitative estimate of drug-likeness (QED) is 0.163. The minimum atomic E-state index is -0.536. The summed E-state index contributed by atoms with van der Waals surface area (Å²) in [6.45, 7) is 27.9. The highest BCUT2D eigenvalue weighted by Crippen LogP contribution is 2.64. The summed E-state index contributed by atoms with van der Waals surface area (Å²) in [5.41, 5.74) is 30.2. The molecule has 5 heteroatoms.